The van der Waals surface area contributed by atoms with Crippen LogP contribution in [0.3, 0.4) is 0 Å². The van der Waals surface area contributed by atoms with Crippen LogP contribution in [-0.2, 0) is 4.79 Å². The summed E-state index contributed by atoms with van der Waals surface area (Å²) < 4.78 is 0. The molecule has 1 amide bonds. The van der Waals surface area contributed by atoms with Crippen LogP contribution < -0.4 is 5.32 Å². The van der Waals surface area contributed by atoms with Crippen molar-refractivity contribution in [3.8, 4) is 0 Å². The lowest BCUT2D eigenvalue weighted by atomic mass is 9.68. The Balaban J connectivity index is 2.65. The van der Waals surface area contributed by atoms with Gasteiger partial charge in [-0.2, -0.15) is 0 Å². The first-order chi connectivity index (χ1) is 6.72. The van der Waals surface area contributed by atoms with Crippen molar-refractivity contribution in [3.05, 3.63) is 0 Å². The Labute approximate surface area is 93.8 Å². The number of amides is 1. The average Bonchev–Trinajstić information content (AvgIpc) is 1.99. The molecule has 1 rings (SSSR count). The van der Waals surface area contributed by atoms with Gasteiger partial charge in [-0.25, -0.2) is 0 Å². The molecule has 0 aromatic rings. The Morgan fingerprint density at radius 1 is 1.27 bits per heavy atom. The molecule has 0 aromatic heterocycles. The first-order valence-electron chi connectivity index (χ1n) is 6.04. The van der Waals surface area contributed by atoms with Gasteiger partial charge in [0, 0.05) is 11.5 Å². The summed E-state index contributed by atoms with van der Waals surface area (Å²) in [7, 11) is 0. The van der Waals surface area contributed by atoms with E-state index in [9.17, 15) is 4.79 Å². The molecule has 1 N–H and O–H groups in total. The number of hydrogen-bond donors (Lipinski definition) is 1. The van der Waals surface area contributed by atoms with Gasteiger partial charge in [0.25, 0.3) is 0 Å². The Kier molecular flexibility index (Phi) is 3.47. The molecule has 1 atom stereocenters. The molecule has 0 radical (unpaired) electrons. The largest absolute Gasteiger partial charge is 0.351 e. The first kappa shape index (κ1) is 12.5. The van der Waals surface area contributed by atoms with Gasteiger partial charge in [0.05, 0.1) is 0 Å². The number of nitrogens with one attached hydrogen (secondary N) is 1. The second-order valence-corrected chi connectivity index (χ2v) is 6.53. The van der Waals surface area contributed by atoms with Gasteiger partial charge in [-0.15, -0.1) is 0 Å². The van der Waals surface area contributed by atoms with Crippen molar-refractivity contribution >= 4 is 5.91 Å². The quantitative estimate of drug-likeness (QED) is 0.709. The highest BCUT2D eigenvalue weighted by molar-refractivity contribution is 5.80. The summed E-state index contributed by atoms with van der Waals surface area (Å²) in [6.45, 7) is 10.6. The van der Waals surface area contributed by atoms with Crippen LogP contribution in [-0.4, -0.2) is 11.4 Å². The summed E-state index contributed by atoms with van der Waals surface area (Å²) in [6, 6.07) is 0. The Hall–Kier alpha value is -0.530. The molecule has 1 fully saturated rings. The standard InChI is InChI=1S/C13H25NO/c1-12(2,3)14-11(15)10-8-6-7-9-13(10,4)5/h10H,6-9H2,1-5H3,(H,14,15). The van der Waals surface area contributed by atoms with Crippen molar-refractivity contribution in [2.45, 2.75) is 65.8 Å². The molecular formula is C13H25NO. The molecule has 1 unspecified atom stereocenters. The van der Waals surface area contributed by atoms with E-state index >= 15 is 0 Å². The van der Waals surface area contributed by atoms with Crippen LogP contribution in [0.25, 0.3) is 0 Å². The van der Waals surface area contributed by atoms with Crippen molar-refractivity contribution in [1.82, 2.24) is 5.32 Å². The predicted molar refractivity (Wildman–Crippen MR) is 63.6 cm³/mol. The molecule has 88 valence electrons. The van der Waals surface area contributed by atoms with Gasteiger partial charge < -0.3 is 5.32 Å². The summed E-state index contributed by atoms with van der Waals surface area (Å²) >= 11 is 0. The van der Waals surface area contributed by atoms with Gasteiger partial charge in [-0.1, -0.05) is 26.7 Å². The lowest BCUT2D eigenvalue weighted by molar-refractivity contribution is -0.131. The molecule has 2 nitrogen and oxygen atoms in total. The molecule has 0 aliphatic heterocycles. The second-order valence-electron chi connectivity index (χ2n) is 6.53. The van der Waals surface area contributed by atoms with Crippen molar-refractivity contribution in [2.75, 3.05) is 0 Å². The zero-order valence-electron chi connectivity index (χ0n) is 10.8. The van der Waals surface area contributed by atoms with Gasteiger partial charge in [0.2, 0.25) is 5.91 Å². The van der Waals surface area contributed by atoms with Crippen LogP contribution in [0.4, 0.5) is 0 Å². The van der Waals surface area contributed by atoms with E-state index in [4.69, 9.17) is 0 Å². The number of carbonyl (C=O) groups excluding carboxylic acids is 1. The van der Waals surface area contributed by atoms with Crippen LogP contribution in [0.5, 0.6) is 0 Å². The molecule has 0 saturated heterocycles. The fourth-order valence-corrected chi connectivity index (χ4v) is 2.44. The van der Waals surface area contributed by atoms with Crippen LogP contribution in [0, 0.1) is 11.3 Å². The molecule has 2 heteroatoms. The van der Waals surface area contributed by atoms with Crippen LogP contribution in [0.2, 0.25) is 0 Å². The van der Waals surface area contributed by atoms with E-state index in [1.165, 1.54) is 19.3 Å². The minimum Gasteiger partial charge on any atom is -0.351 e. The third kappa shape index (κ3) is 3.51. The Morgan fingerprint density at radius 2 is 1.87 bits per heavy atom. The summed E-state index contributed by atoms with van der Waals surface area (Å²) in [6.07, 6.45) is 4.70. The molecule has 0 bridgehead atoms. The van der Waals surface area contributed by atoms with Crippen LogP contribution in [0.1, 0.15) is 60.3 Å². The maximum atomic E-state index is 12.1. The monoisotopic (exact) mass is 211 g/mol. The topological polar surface area (TPSA) is 29.1 Å². The maximum absolute atomic E-state index is 12.1. The van der Waals surface area contributed by atoms with E-state index in [-0.39, 0.29) is 22.8 Å². The summed E-state index contributed by atoms with van der Waals surface area (Å²) in [5.41, 5.74) is 0.0677. The Bertz CT molecular complexity index is 237. The van der Waals surface area contributed by atoms with E-state index in [1.807, 2.05) is 20.8 Å². The third-order valence-corrected chi connectivity index (χ3v) is 3.32. The SMILES string of the molecule is CC(C)(C)NC(=O)C1CCCCC1(C)C. The van der Waals surface area contributed by atoms with E-state index in [1.54, 1.807) is 0 Å². The highest BCUT2D eigenvalue weighted by atomic mass is 16.2. The van der Waals surface area contributed by atoms with Crippen LogP contribution in [0.15, 0.2) is 0 Å². The van der Waals surface area contributed by atoms with Gasteiger partial charge >= 0.3 is 0 Å². The summed E-state index contributed by atoms with van der Waals surface area (Å²) in [5.74, 6) is 0.442. The lowest BCUT2D eigenvalue weighted by Gasteiger charge is -2.39. The molecule has 0 aromatic carbocycles. The van der Waals surface area contributed by atoms with E-state index in [0.717, 1.165) is 6.42 Å². The zero-order chi connectivity index (χ0) is 11.7. The number of hydrogen-bond acceptors (Lipinski definition) is 1. The van der Waals surface area contributed by atoms with Gasteiger partial charge in [0.15, 0.2) is 0 Å². The Morgan fingerprint density at radius 3 is 2.33 bits per heavy atom. The van der Waals surface area contributed by atoms with Gasteiger partial charge in [-0.3, -0.25) is 4.79 Å². The predicted octanol–water partition coefficient (Wildman–Crippen LogP) is 3.12. The number of carbonyl (C=O) groups is 1. The van der Waals surface area contributed by atoms with E-state index in [0.29, 0.717) is 0 Å². The van der Waals surface area contributed by atoms with Gasteiger partial charge in [0.1, 0.15) is 0 Å². The minimum atomic E-state index is -0.107. The molecule has 0 heterocycles. The van der Waals surface area contributed by atoms with Gasteiger partial charge in [-0.05, 0) is 39.0 Å². The summed E-state index contributed by atoms with van der Waals surface area (Å²) in [4.78, 5) is 12.1. The van der Waals surface area contributed by atoms with Crippen molar-refractivity contribution < 1.29 is 4.79 Å². The average molecular weight is 211 g/mol. The molecule has 1 aliphatic rings. The van der Waals surface area contributed by atoms with E-state index in [2.05, 4.69) is 19.2 Å². The van der Waals surface area contributed by atoms with Crippen molar-refractivity contribution in [3.63, 3.8) is 0 Å². The number of rotatable bonds is 1. The molecule has 0 spiro atoms. The fourth-order valence-electron chi connectivity index (χ4n) is 2.44. The second kappa shape index (κ2) is 4.15. The molecule has 15 heavy (non-hydrogen) atoms. The zero-order valence-corrected chi connectivity index (χ0v) is 10.8. The third-order valence-electron chi connectivity index (χ3n) is 3.32. The molecular weight excluding hydrogens is 186 g/mol. The normalized spacial score (nSPS) is 26.1. The molecule has 1 saturated carbocycles. The highest BCUT2D eigenvalue weighted by Crippen LogP contribution is 2.40. The van der Waals surface area contributed by atoms with Crippen molar-refractivity contribution in [1.29, 1.82) is 0 Å². The van der Waals surface area contributed by atoms with Crippen molar-refractivity contribution in [2.24, 2.45) is 11.3 Å². The molecule has 1 aliphatic carbocycles. The summed E-state index contributed by atoms with van der Waals surface area (Å²) in [5, 5.41) is 3.11. The first-order valence-corrected chi connectivity index (χ1v) is 6.04. The highest BCUT2D eigenvalue weighted by Gasteiger charge is 2.37. The maximum Gasteiger partial charge on any atom is 0.224 e. The smallest absolute Gasteiger partial charge is 0.224 e. The van der Waals surface area contributed by atoms with E-state index < -0.39 is 0 Å². The van der Waals surface area contributed by atoms with Crippen LogP contribution >= 0.6 is 0 Å². The lowest BCUT2D eigenvalue weighted by Crippen LogP contribution is -2.48. The fraction of sp³-hybridized carbons (Fsp3) is 0.923. The minimum absolute atomic E-state index is 0.107.